The van der Waals surface area contributed by atoms with E-state index in [4.69, 9.17) is 9.15 Å². The van der Waals surface area contributed by atoms with Crippen molar-refractivity contribution in [2.75, 3.05) is 6.54 Å². The number of carbonyl (C=O) groups excluding carboxylic acids is 2. The molecular formula is C22H28NO6-. The summed E-state index contributed by atoms with van der Waals surface area (Å²) in [6.07, 6.45) is 2.93. The number of nitrogens with one attached hydrogen (secondary N) is 1. The van der Waals surface area contributed by atoms with Gasteiger partial charge in [-0.25, -0.2) is 4.79 Å². The van der Waals surface area contributed by atoms with Gasteiger partial charge in [-0.3, -0.25) is 4.79 Å². The monoisotopic (exact) mass is 402 g/mol. The summed E-state index contributed by atoms with van der Waals surface area (Å²) < 4.78 is 11.2. The number of fused-ring (bicyclic) bond motifs is 1. The predicted octanol–water partition coefficient (Wildman–Crippen LogP) is 2.25. The van der Waals surface area contributed by atoms with Gasteiger partial charge in [0.05, 0.1) is 0 Å². The Morgan fingerprint density at radius 1 is 1.24 bits per heavy atom. The largest absolute Gasteiger partial charge is 0.550 e. The van der Waals surface area contributed by atoms with Crippen LogP contribution in [-0.2, 0) is 16.0 Å². The van der Waals surface area contributed by atoms with Gasteiger partial charge in [0.2, 0.25) is 0 Å². The highest BCUT2D eigenvalue weighted by Gasteiger charge is 2.17. The van der Waals surface area contributed by atoms with Crippen LogP contribution in [0.4, 0.5) is 0 Å². The molecule has 0 saturated heterocycles. The highest BCUT2D eigenvalue weighted by molar-refractivity contribution is 5.85. The summed E-state index contributed by atoms with van der Waals surface area (Å²) in [5.41, 5.74) is 1.71. The number of ether oxygens (including phenoxy) is 1. The Morgan fingerprint density at radius 2 is 2.00 bits per heavy atom. The molecule has 1 aromatic heterocycles. The fourth-order valence-corrected chi connectivity index (χ4v) is 3.18. The number of aliphatic carboxylic acids is 1. The Balaban J connectivity index is 2.00. The van der Waals surface area contributed by atoms with Crippen molar-refractivity contribution < 1.29 is 23.8 Å². The molecule has 0 spiro atoms. The number of hydrogen-bond donors (Lipinski definition) is 1. The number of rotatable bonds is 11. The lowest BCUT2D eigenvalue weighted by molar-refractivity contribution is -0.305. The molecule has 1 amide bonds. The first-order valence-electron chi connectivity index (χ1n) is 10.0. The second-order valence-corrected chi connectivity index (χ2v) is 7.14. The number of hydrogen-bond acceptors (Lipinski definition) is 6. The van der Waals surface area contributed by atoms with E-state index < -0.39 is 17.7 Å². The van der Waals surface area contributed by atoms with Gasteiger partial charge >= 0.3 is 5.63 Å². The minimum absolute atomic E-state index is 0.0325. The molecule has 0 aliphatic rings. The smallest absolute Gasteiger partial charge is 0.336 e. The molecular weight excluding hydrogens is 374 g/mol. The molecule has 1 heterocycles. The van der Waals surface area contributed by atoms with E-state index in [1.165, 1.54) is 6.07 Å². The molecule has 1 atom stereocenters. The first-order valence-corrected chi connectivity index (χ1v) is 10.0. The van der Waals surface area contributed by atoms with Gasteiger partial charge in [0.15, 0.2) is 6.10 Å². The van der Waals surface area contributed by atoms with Crippen LogP contribution in [0.5, 0.6) is 5.75 Å². The van der Waals surface area contributed by atoms with Crippen LogP contribution in [0.25, 0.3) is 11.0 Å². The van der Waals surface area contributed by atoms with Crippen LogP contribution in [-0.4, -0.2) is 24.5 Å². The lowest BCUT2D eigenvalue weighted by Gasteiger charge is -2.17. The molecule has 7 heteroatoms. The third-order valence-electron chi connectivity index (χ3n) is 4.75. The SMILES string of the molecule is CCCc1cc(=O)oc2c(C)c(O[C@@H](C)C(=O)NCCCCCC(=O)[O-])ccc12. The van der Waals surface area contributed by atoms with Crippen LogP contribution < -0.4 is 20.8 Å². The topological polar surface area (TPSA) is 109 Å². The molecule has 1 N–H and O–H groups in total. The summed E-state index contributed by atoms with van der Waals surface area (Å²) in [7, 11) is 0. The molecule has 0 aliphatic heterocycles. The molecule has 0 bridgehead atoms. The van der Waals surface area contributed by atoms with E-state index in [2.05, 4.69) is 12.2 Å². The van der Waals surface area contributed by atoms with Crippen molar-refractivity contribution >= 4 is 22.8 Å². The molecule has 0 aliphatic carbocycles. The second-order valence-electron chi connectivity index (χ2n) is 7.14. The summed E-state index contributed by atoms with van der Waals surface area (Å²) in [6, 6.07) is 5.17. The Bertz CT molecular complexity index is 917. The Kier molecular flexibility index (Phi) is 8.24. The van der Waals surface area contributed by atoms with Gasteiger partial charge in [-0.05, 0) is 57.2 Å². The van der Waals surface area contributed by atoms with Gasteiger partial charge in [0, 0.05) is 29.5 Å². The van der Waals surface area contributed by atoms with Gasteiger partial charge in [-0.15, -0.1) is 0 Å². The van der Waals surface area contributed by atoms with Gasteiger partial charge in [-0.2, -0.15) is 0 Å². The minimum Gasteiger partial charge on any atom is -0.550 e. The number of unbranched alkanes of at least 4 members (excludes halogenated alkanes) is 2. The summed E-state index contributed by atoms with van der Waals surface area (Å²) in [5.74, 6) is -0.823. The molecule has 158 valence electrons. The number of amides is 1. The highest BCUT2D eigenvalue weighted by atomic mass is 16.5. The fraction of sp³-hybridized carbons (Fsp3) is 0.500. The van der Waals surface area contributed by atoms with E-state index in [1.54, 1.807) is 19.9 Å². The van der Waals surface area contributed by atoms with E-state index >= 15 is 0 Å². The zero-order valence-corrected chi connectivity index (χ0v) is 17.2. The molecule has 7 nitrogen and oxygen atoms in total. The van der Waals surface area contributed by atoms with Crippen molar-refractivity contribution in [2.45, 2.75) is 65.4 Å². The second kappa shape index (κ2) is 10.6. The molecule has 29 heavy (non-hydrogen) atoms. The zero-order chi connectivity index (χ0) is 21.4. The van der Waals surface area contributed by atoms with Crippen molar-refractivity contribution in [3.8, 4) is 5.75 Å². The Hall–Kier alpha value is -2.83. The molecule has 1 aromatic carbocycles. The maximum absolute atomic E-state index is 12.2. The average Bonchev–Trinajstić information content (AvgIpc) is 2.66. The maximum atomic E-state index is 12.2. The molecule has 2 rings (SSSR count). The quantitative estimate of drug-likeness (QED) is 0.456. The van der Waals surface area contributed by atoms with Crippen LogP contribution in [0.15, 0.2) is 27.4 Å². The number of carboxylic acid groups (broad SMARTS) is 1. The van der Waals surface area contributed by atoms with E-state index in [-0.39, 0.29) is 12.3 Å². The normalized spacial score (nSPS) is 12.0. The zero-order valence-electron chi connectivity index (χ0n) is 17.2. The van der Waals surface area contributed by atoms with E-state index in [9.17, 15) is 19.5 Å². The summed E-state index contributed by atoms with van der Waals surface area (Å²) in [4.78, 5) is 34.5. The van der Waals surface area contributed by atoms with Gasteiger partial charge in [0.25, 0.3) is 5.91 Å². The highest BCUT2D eigenvalue weighted by Crippen LogP contribution is 2.29. The lowest BCUT2D eigenvalue weighted by Crippen LogP contribution is -2.37. The molecule has 2 aromatic rings. The number of aryl methyl sites for hydroxylation is 2. The molecule has 0 fully saturated rings. The average molecular weight is 402 g/mol. The summed E-state index contributed by atoms with van der Waals surface area (Å²) in [5, 5.41) is 14.0. The van der Waals surface area contributed by atoms with Crippen molar-refractivity contribution in [1.82, 2.24) is 5.32 Å². The van der Waals surface area contributed by atoms with Crippen molar-refractivity contribution in [1.29, 1.82) is 0 Å². The predicted molar refractivity (Wildman–Crippen MR) is 108 cm³/mol. The van der Waals surface area contributed by atoms with E-state index in [1.807, 2.05) is 6.07 Å². The Morgan fingerprint density at radius 3 is 2.69 bits per heavy atom. The maximum Gasteiger partial charge on any atom is 0.336 e. The third kappa shape index (κ3) is 6.34. The van der Waals surface area contributed by atoms with Gasteiger partial charge in [0.1, 0.15) is 11.3 Å². The third-order valence-corrected chi connectivity index (χ3v) is 4.75. The molecule has 0 saturated carbocycles. The van der Waals surface area contributed by atoms with Gasteiger partial charge < -0.3 is 24.4 Å². The van der Waals surface area contributed by atoms with Crippen LogP contribution >= 0.6 is 0 Å². The summed E-state index contributed by atoms with van der Waals surface area (Å²) >= 11 is 0. The molecule has 0 radical (unpaired) electrons. The first-order chi connectivity index (χ1) is 13.8. The van der Waals surface area contributed by atoms with Crippen molar-refractivity contribution in [3.63, 3.8) is 0 Å². The summed E-state index contributed by atoms with van der Waals surface area (Å²) in [6.45, 7) is 5.96. The van der Waals surface area contributed by atoms with Crippen LogP contribution in [0.1, 0.15) is 57.1 Å². The lowest BCUT2D eigenvalue weighted by atomic mass is 10.0. The van der Waals surface area contributed by atoms with Crippen molar-refractivity contribution in [3.05, 3.63) is 39.7 Å². The fourth-order valence-electron chi connectivity index (χ4n) is 3.18. The van der Waals surface area contributed by atoms with E-state index in [0.717, 1.165) is 23.8 Å². The van der Waals surface area contributed by atoms with Crippen LogP contribution in [0, 0.1) is 6.92 Å². The van der Waals surface area contributed by atoms with Gasteiger partial charge in [-0.1, -0.05) is 19.8 Å². The number of carboxylic acids is 1. The first kappa shape index (κ1) is 22.5. The van der Waals surface area contributed by atoms with Crippen LogP contribution in [0.3, 0.4) is 0 Å². The molecule has 0 unspecified atom stereocenters. The van der Waals surface area contributed by atoms with E-state index in [0.29, 0.717) is 42.7 Å². The Labute approximate surface area is 170 Å². The van der Waals surface area contributed by atoms with Crippen molar-refractivity contribution in [2.24, 2.45) is 0 Å². The minimum atomic E-state index is -1.06. The number of benzene rings is 1. The standard InChI is InChI=1S/C22H29NO6/c1-4-8-16-13-20(26)29-21-14(2)18(11-10-17(16)21)28-15(3)22(27)23-12-7-5-6-9-19(24)25/h10-11,13,15H,4-9,12H2,1-3H3,(H,23,27)(H,24,25)/p-1/t15-/m0/s1. The van der Waals surface area contributed by atoms with Crippen LogP contribution in [0.2, 0.25) is 0 Å². The number of carbonyl (C=O) groups is 2.